The Kier molecular flexibility index (Phi) is 6.82. The van der Waals surface area contributed by atoms with Crippen molar-refractivity contribution in [3.8, 4) is 0 Å². The Balaban J connectivity index is 1.42. The lowest BCUT2D eigenvalue weighted by Gasteiger charge is -2.39. The number of thiocarbonyl (C=S) groups is 1. The normalized spacial score (nSPS) is 19.7. The monoisotopic (exact) mass is 377 g/mol. The van der Waals surface area contributed by atoms with Crippen LogP contribution in [0.2, 0.25) is 0 Å². The van der Waals surface area contributed by atoms with Crippen LogP contribution in [0.1, 0.15) is 36.0 Å². The number of ether oxygens (including phenoxy) is 2. The average molecular weight is 378 g/mol. The maximum atomic E-state index is 11.5. The van der Waals surface area contributed by atoms with Crippen LogP contribution in [-0.4, -0.2) is 61.5 Å². The van der Waals surface area contributed by atoms with Gasteiger partial charge in [0.05, 0.1) is 12.7 Å². The molecule has 0 bridgehead atoms. The van der Waals surface area contributed by atoms with Crippen LogP contribution in [0.5, 0.6) is 0 Å². The van der Waals surface area contributed by atoms with Gasteiger partial charge in [-0.2, -0.15) is 0 Å². The Morgan fingerprint density at radius 2 is 1.81 bits per heavy atom. The molecule has 0 unspecified atom stereocenters. The molecule has 0 atom stereocenters. The molecule has 26 heavy (non-hydrogen) atoms. The third kappa shape index (κ3) is 5.16. The maximum absolute atomic E-state index is 11.5. The molecular weight excluding hydrogens is 350 g/mol. The fourth-order valence-corrected chi connectivity index (χ4v) is 3.90. The molecule has 1 aromatic carbocycles. The number of likely N-dealkylation sites (tertiary alicyclic amines) is 1. The fraction of sp³-hybridized carbons (Fsp3) is 0.579. The van der Waals surface area contributed by atoms with Gasteiger partial charge in [0.2, 0.25) is 0 Å². The molecule has 3 rings (SSSR count). The molecule has 142 valence electrons. The van der Waals surface area contributed by atoms with Crippen molar-refractivity contribution in [2.24, 2.45) is 0 Å². The van der Waals surface area contributed by atoms with E-state index in [1.165, 1.54) is 7.11 Å². The molecule has 0 aliphatic carbocycles. The maximum Gasteiger partial charge on any atom is 0.337 e. The smallest absolute Gasteiger partial charge is 0.337 e. The van der Waals surface area contributed by atoms with Gasteiger partial charge < -0.3 is 25.0 Å². The second-order valence-corrected chi connectivity index (χ2v) is 7.23. The predicted octanol–water partition coefficient (Wildman–Crippen LogP) is 2.40. The zero-order chi connectivity index (χ0) is 18.4. The number of nitrogens with one attached hydrogen (secondary N) is 2. The lowest BCUT2D eigenvalue weighted by Crippen LogP contribution is -2.49. The zero-order valence-corrected chi connectivity index (χ0v) is 16.0. The van der Waals surface area contributed by atoms with Crippen molar-refractivity contribution in [3.63, 3.8) is 0 Å². The van der Waals surface area contributed by atoms with Crippen molar-refractivity contribution in [2.75, 3.05) is 38.7 Å². The molecule has 2 saturated heterocycles. The number of hydrogen-bond donors (Lipinski definition) is 2. The van der Waals surface area contributed by atoms with E-state index in [-0.39, 0.29) is 5.97 Å². The van der Waals surface area contributed by atoms with Gasteiger partial charge in [0.1, 0.15) is 0 Å². The SMILES string of the molecule is COC(=O)c1ccc(NC(=S)NC2CCN(C3CCOCC3)CC2)cc1. The third-order valence-corrected chi connectivity index (χ3v) is 5.36. The molecule has 0 spiro atoms. The topological polar surface area (TPSA) is 62.8 Å². The Morgan fingerprint density at radius 1 is 1.15 bits per heavy atom. The Hall–Kier alpha value is -1.70. The highest BCUT2D eigenvalue weighted by Crippen LogP contribution is 2.20. The molecular formula is C19H27N3O3S. The number of hydrogen-bond acceptors (Lipinski definition) is 5. The van der Waals surface area contributed by atoms with Crippen LogP contribution in [-0.2, 0) is 9.47 Å². The van der Waals surface area contributed by atoms with E-state index in [0.29, 0.717) is 22.8 Å². The quantitative estimate of drug-likeness (QED) is 0.617. The van der Waals surface area contributed by atoms with Crippen LogP contribution in [0.25, 0.3) is 0 Å². The molecule has 0 saturated carbocycles. The fourth-order valence-electron chi connectivity index (χ4n) is 3.62. The summed E-state index contributed by atoms with van der Waals surface area (Å²) in [7, 11) is 1.38. The largest absolute Gasteiger partial charge is 0.465 e. The van der Waals surface area contributed by atoms with Gasteiger partial charge in [-0.1, -0.05) is 0 Å². The molecule has 6 nitrogen and oxygen atoms in total. The third-order valence-electron chi connectivity index (χ3n) is 5.14. The van der Waals surface area contributed by atoms with Gasteiger partial charge in [0.15, 0.2) is 5.11 Å². The van der Waals surface area contributed by atoms with Crippen LogP contribution < -0.4 is 10.6 Å². The van der Waals surface area contributed by atoms with Crippen LogP contribution in [0, 0.1) is 0 Å². The standard InChI is InChI=1S/C19H27N3O3S/c1-24-18(23)14-2-4-15(5-3-14)20-19(26)21-16-6-10-22(11-7-16)17-8-12-25-13-9-17/h2-5,16-17H,6-13H2,1H3,(H2,20,21,26). The first kappa shape index (κ1) is 19.1. The molecule has 0 aromatic heterocycles. The number of esters is 1. The summed E-state index contributed by atoms with van der Waals surface area (Å²) >= 11 is 5.43. The van der Waals surface area contributed by atoms with Crippen LogP contribution in [0.3, 0.4) is 0 Å². The van der Waals surface area contributed by atoms with Gasteiger partial charge in [-0.15, -0.1) is 0 Å². The molecule has 7 heteroatoms. The molecule has 2 aliphatic rings. The highest BCUT2D eigenvalue weighted by Gasteiger charge is 2.26. The zero-order valence-electron chi connectivity index (χ0n) is 15.2. The second-order valence-electron chi connectivity index (χ2n) is 6.82. The number of carbonyl (C=O) groups excluding carboxylic acids is 1. The highest BCUT2D eigenvalue weighted by molar-refractivity contribution is 7.80. The minimum absolute atomic E-state index is 0.339. The lowest BCUT2D eigenvalue weighted by molar-refractivity contribution is 0.0247. The van der Waals surface area contributed by atoms with Gasteiger partial charge in [-0.3, -0.25) is 0 Å². The van der Waals surface area contributed by atoms with Crippen LogP contribution in [0.15, 0.2) is 24.3 Å². The minimum atomic E-state index is -0.339. The summed E-state index contributed by atoms with van der Waals surface area (Å²) in [6, 6.07) is 8.19. The number of nitrogens with zero attached hydrogens (tertiary/aromatic N) is 1. The summed E-state index contributed by atoms with van der Waals surface area (Å²) in [4.78, 5) is 14.1. The molecule has 0 amide bonds. The summed E-state index contributed by atoms with van der Waals surface area (Å²) < 4.78 is 10.2. The van der Waals surface area contributed by atoms with Crippen molar-refractivity contribution in [2.45, 2.75) is 37.8 Å². The minimum Gasteiger partial charge on any atom is -0.465 e. The highest BCUT2D eigenvalue weighted by atomic mass is 32.1. The van der Waals surface area contributed by atoms with Crippen molar-refractivity contribution < 1.29 is 14.3 Å². The van der Waals surface area contributed by atoms with Crippen LogP contribution in [0.4, 0.5) is 5.69 Å². The van der Waals surface area contributed by atoms with Crippen molar-refractivity contribution in [3.05, 3.63) is 29.8 Å². The number of rotatable bonds is 4. The first-order valence-electron chi connectivity index (χ1n) is 9.23. The first-order chi connectivity index (χ1) is 12.7. The van der Waals surface area contributed by atoms with Gasteiger partial charge >= 0.3 is 5.97 Å². The van der Waals surface area contributed by atoms with E-state index in [0.717, 1.165) is 57.7 Å². The van der Waals surface area contributed by atoms with E-state index in [4.69, 9.17) is 21.7 Å². The number of benzene rings is 1. The number of anilines is 1. The molecule has 0 radical (unpaired) electrons. The number of methoxy groups -OCH3 is 1. The van der Waals surface area contributed by atoms with E-state index in [1.807, 2.05) is 12.1 Å². The van der Waals surface area contributed by atoms with Gasteiger partial charge in [-0.25, -0.2) is 4.79 Å². The van der Waals surface area contributed by atoms with E-state index in [9.17, 15) is 4.79 Å². The van der Waals surface area contributed by atoms with Gasteiger partial charge in [0.25, 0.3) is 0 Å². The summed E-state index contributed by atoms with van der Waals surface area (Å²) in [5.41, 5.74) is 1.38. The summed E-state index contributed by atoms with van der Waals surface area (Å²) in [5.74, 6) is -0.339. The second kappa shape index (κ2) is 9.30. The summed E-state index contributed by atoms with van der Waals surface area (Å²) in [6.45, 7) is 4.01. The van der Waals surface area contributed by atoms with Crippen LogP contribution >= 0.6 is 12.2 Å². The Morgan fingerprint density at radius 3 is 2.42 bits per heavy atom. The van der Waals surface area contributed by atoms with Gasteiger partial charge in [-0.05, 0) is 62.2 Å². The Labute approximate surface area is 160 Å². The van der Waals surface area contributed by atoms with E-state index in [1.54, 1.807) is 12.1 Å². The summed E-state index contributed by atoms with van der Waals surface area (Å²) in [6.07, 6.45) is 4.50. The van der Waals surface area contributed by atoms with E-state index < -0.39 is 0 Å². The average Bonchev–Trinajstić information content (AvgIpc) is 2.69. The Bertz CT molecular complexity index is 609. The molecule has 2 aliphatic heterocycles. The van der Waals surface area contributed by atoms with Crippen molar-refractivity contribution >= 4 is 29.0 Å². The van der Waals surface area contributed by atoms with E-state index in [2.05, 4.69) is 15.5 Å². The first-order valence-corrected chi connectivity index (χ1v) is 9.64. The molecule has 1 aromatic rings. The van der Waals surface area contributed by atoms with Gasteiger partial charge in [0, 0.05) is 44.1 Å². The lowest BCUT2D eigenvalue weighted by atomic mass is 10.00. The predicted molar refractivity (Wildman–Crippen MR) is 106 cm³/mol. The van der Waals surface area contributed by atoms with Crippen molar-refractivity contribution in [1.29, 1.82) is 0 Å². The van der Waals surface area contributed by atoms with Crippen molar-refractivity contribution in [1.82, 2.24) is 10.2 Å². The summed E-state index contributed by atoms with van der Waals surface area (Å²) in [5, 5.41) is 7.23. The molecule has 2 N–H and O–H groups in total. The molecule has 2 heterocycles. The molecule has 2 fully saturated rings. The van der Waals surface area contributed by atoms with E-state index >= 15 is 0 Å². The number of piperidine rings is 1. The number of carbonyl (C=O) groups is 1.